The zero-order chi connectivity index (χ0) is 19.8. The van der Waals surface area contributed by atoms with E-state index < -0.39 is 10.0 Å². The number of hydrogen-bond donors (Lipinski definition) is 1. The summed E-state index contributed by atoms with van der Waals surface area (Å²) < 4.78 is 33.9. The van der Waals surface area contributed by atoms with Gasteiger partial charge in [0.2, 0.25) is 0 Å². The quantitative estimate of drug-likeness (QED) is 0.657. The first-order valence-corrected chi connectivity index (χ1v) is 10.3. The number of sulfonamides is 1. The topological polar surface area (TPSA) is 72.2 Å². The molecule has 0 amide bonds. The Bertz CT molecular complexity index is 1050. The fraction of sp³-hybridized carbons (Fsp3) is 0.286. The van der Waals surface area contributed by atoms with E-state index in [0.717, 1.165) is 22.4 Å². The van der Waals surface area contributed by atoms with Crippen molar-refractivity contribution in [2.75, 3.05) is 4.72 Å². The van der Waals surface area contributed by atoms with E-state index in [1.54, 1.807) is 31.2 Å². The second-order valence-electron chi connectivity index (χ2n) is 7.06. The smallest absolute Gasteiger partial charge is 0.262 e. The number of nitrogens with one attached hydrogen (secondary N) is 1. The first-order chi connectivity index (χ1) is 12.7. The van der Waals surface area contributed by atoms with Gasteiger partial charge in [0, 0.05) is 11.3 Å². The Hall–Kier alpha value is -2.60. The number of anilines is 1. The molecule has 0 radical (unpaired) electrons. The number of nitrogens with zero attached hydrogens (tertiary/aromatic N) is 1. The molecule has 1 aromatic heterocycles. The molecule has 5 nitrogen and oxygen atoms in total. The molecule has 0 fully saturated rings. The van der Waals surface area contributed by atoms with Crippen LogP contribution in [0.3, 0.4) is 0 Å². The summed E-state index contributed by atoms with van der Waals surface area (Å²) in [6.07, 6.45) is 0. The fourth-order valence-electron chi connectivity index (χ4n) is 3.09. The molecule has 0 bridgehead atoms. The molecule has 0 saturated carbocycles. The van der Waals surface area contributed by atoms with Crippen LogP contribution in [0.4, 0.5) is 5.69 Å². The number of hydrogen-bond acceptors (Lipinski definition) is 4. The van der Waals surface area contributed by atoms with Gasteiger partial charge in [0.1, 0.15) is 5.76 Å². The van der Waals surface area contributed by atoms with E-state index in [2.05, 4.69) is 23.7 Å². The minimum absolute atomic E-state index is 0.243. The van der Waals surface area contributed by atoms with Gasteiger partial charge in [-0.1, -0.05) is 43.3 Å². The van der Waals surface area contributed by atoms with E-state index in [1.807, 2.05) is 32.0 Å². The van der Waals surface area contributed by atoms with Crippen LogP contribution in [0.25, 0.3) is 11.1 Å². The first-order valence-electron chi connectivity index (χ1n) is 8.85. The molecule has 0 atom stereocenters. The zero-order valence-corrected chi connectivity index (χ0v) is 17.0. The number of aromatic nitrogens is 1. The predicted octanol–water partition coefficient (Wildman–Crippen LogP) is 5.19. The molecule has 1 heterocycles. The van der Waals surface area contributed by atoms with Crippen LogP contribution in [0.1, 0.15) is 42.3 Å². The number of aryl methyl sites for hydroxylation is 3. The molecule has 27 heavy (non-hydrogen) atoms. The first kappa shape index (κ1) is 19.2. The summed E-state index contributed by atoms with van der Waals surface area (Å²) >= 11 is 0. The van der Waals surface area contributed by atoms with Gasteiger partial charge >= 0.3 is 0 Å². The van der Waals surface area contributed by atoms with Gasteiger partial charge in [-0.3, -0.25) is 4.72 Å². The molecule has 3 rings (SSSR count). The summed E-state index contributed by atoms with van der Waals surface area (Å²) in [5.41, 5.74) is 4.71. The maximum absolute atomic E-state index is 13.0. The van der Waals surface area contributed by atoms with Crippen LogP contribution in [0.2, 0.25) is 0 Å². The van der Waals surface area contributed by atoms with Gasteiger partial charge in [-0.25, -0.2) is 8.42 Å². The molecule has 142 valence electrons. The predicted molar refractivity (Wildman–Crippen MR) is 107 cm³/mol. The van der Waals surface area contributed by atoms with Crippen LogP contribution in [0, 0.1) is 20.8 Å². The van der Waals surface area contributed by atoms with E-state index >= 15 is 0 Å². The SMILES string of the molecule is Cc1ccc(-c2c(C)noc2C)cc1S(=O)(=O)Nc1ccc(C(C)C)cc1. The molecule has 6 heteroatoms. The average Bonchev–Trinajstić information content (AvgIpc) is 2.94. The lowest BCUT2D eigenvalue weighted by atomic mass is 10.0. The van der Waals surface area contributed by atoms with Gasteiger partial charge in [0.05, 0.1) is 10.6 Å². The van der Waals surface area contributed by atoms with E-state index in [-0.39, 0.29) is 4.90 Å². The summed E-state index contributed by atoms with van der Waals surface area (Å²) in [7, 11) is -3.72. The number of rotatable bonds is 5. The second kappa shape index (κ2) is 7.19. The lowest BCUT2D eigenvalue weighted by Crippen LogP contribution is -2.14. The highest BCUT2D eigenvalue weighted by Crippen LogP contribution is 2.31. The van der Waals surface area contributed by atoms with Crippen molar-refractivity contribution in [1.29, 1.82) is 0 Å². The van der Waals surface area contributed by atoms with Crippen molar-refractivity contribution in [1.82, 2.24) is 5.16 Å². The molecule has 0 aliphatic carbocycles. The number of benzene rings is 2. The van der Waals surface area contributed by atoms with Crippen LogP contribution in [0.5, 0.6) is 0 Å². The van der Waals surface area contributed by atoms with Gasteiger partial charge in [0.15, 0.2) is 0 Å². The lowest BCUT2D eigenvalue weighted by Gasteiger charge is -2.13. The molecule has 3 aromatic rings. The Labute approximate surface area is 160 Å². The van der Waals surface area contributed by atoms with Crippen molar-refractivity contribution in [3.05, 3.63) is 65.0 Å². The minimum atomic E-state index is -3.72. The molecular formula is C21H24N2O3S. The van der Waals surface area contributed by atoms with Gasteiger partial charge in [-0.15, -0.1) is 0 Å². The lowest BCUT2D eigenvalue weighted by molar-refractivity contribution is 0.393. The highest BCUT2D eigenvalue weighted by molar-refractivity contribution is 7.92. The minimum Gasteiger partial charge on any atom is -0.361 e. The van der Waals surface area contributed by atoms with Crippen LogP contribution in [-0.2, 0) is 10.0 Å². The van der Waals surface area contributed by atoms with Crippen molar-refractivity contribution in [2.24, 2.45) is 0 Å². The van der Waals surface area contributed by atoms with Crippen LogP contribution in [-0.4, -0.2) is 13.6 Å². The van der Waals surface area contributed by atoms with Gasteiger partial charge in [-0.2, -0.15) is 0 Å². The summed E-state index contributed by atoms with van der Waals surface area (Å²) in [5, 5.41) is 3.96. The van der Waals surface area contributed by atoms with Crippen molar-refractivity contribution in [2.45, 2.75) is 45.4 Å². The van der Waals surface area contributed by atoms with Crippen LogP contribution < -0.4 is 4.72 Å². The second-order valence-corrected chi connectivity index (χ2v) is 8.71. The van der Waals surface area contributed by atoms with Crippen molar-refractivity contribution < 1.29 is 12.9 Å². The van der Waals surface area contributed by atoms with E-state index in [1.165, 1.54) is 0 Å². The summed E-state index contributed by atoms with van der Waals surface area (Å²) in [6.45, 7) is 9.64. The normalized spacial score (nSPS) is 11.8. The Morgan fingerprint density at radius 3 is 2.22 bits per heavy atom. The molecule has 0 spiro atoms. The van der Waals surface area contributed by atoms with E-state index in [9.17, 15) is 8.42 Å². The maximum Gasteiger partial charge on any atom is 0.262 e. The molecule has 2 aromatic carbocycles. The van der Waals surface area contributed by atoms with Crippen molar-refractivity contribution in [3.8, 4) is 11.1 Å². The third kappa shape index (κ3) is 3.90. The van der Waals surface area contributed by atoms with Gasteiger partial charge in [-0.05, 0) is 61.6 Å². The van der Waals surface area contributed by atoms with Crippen LogP contribution in [0.15, 0.2) is 51.9 Å². The average molecular weight is 385 g/mol. The van der Waals surface area contributed by atoms with Gasteiger partial charge < -0.3 is 4.52 Å². The van der Waals surface area contributed by atoms with Gasteiger partial charge in [0.25, 0.3) is 10.0 Å². The Morgan fingerprint density at radius 2 is 1.67 bits per heavy atom. The fourth-order valence-corrected chi connectivity index (χ4v) is 4.42. The largest absolute Gasteiger partial charge is 0.361 e. The van der Waals surface area contributed by atoms with Crippen molar-refractivity contribution >= 4 is 15.7 Å². The molecule has 0 unspecified atom stereocenters. The molecule has 0 aliphatic rings. The Morgan fingerprint density at radius 1 is 1.00 bits per heavy atom. The summed E-state index contributed by atoms with van der Waals surface area (Å²) in [6, 6.07) is 12.8. The molecule has 1 N–H and O–H groups in total. The molecular weight excluding hydrogens is 360 g/mol. The summed E-state index contributed by atoms with van der Waals surface area (Å²) in [5.74, 6) is 1.06. The highest BCUT2D eigenvalue weighted by atomic mass is 32.2. The highest BCUT2D eigenvalue weighted by Gasteiger charge is 2.20. The van der Waals surface area contributed by atoms with E-state index in [0.29, 0.717) is 22.9 Å². The third-order valence-electron chi connectivity index (χ3n) is 4.63. The third-order valence-corrected chi connectivity index (χ3v) is 6.15. The monoisotopic (exact) mass is 384 g/mol. The van der Waals surface area contributed by atoms with E-state index in [4.69, 9.17) is 4.52 Å². The van der Waals surface area contributed by atoms with Crippen LogP contribution >= 0.6 is 0 Å². The molecule has 0 saturated heterocycles. The standard InChI is InChI=1S/C21H24N2O3S/c1-13(2)17-8-10-19(11-9-17)23-27(24,25)20-12-18(7-6-14(20)3)21-15(4)22-26-16(21)5/h6-13,23H,1-5H3. The maximum atomic E-state index is 13.0. The van der Waals surface area contributed by atoms with Crippen molar-refractivity contribution in [3.63, 3.8) is 0 Å². The summed E-state index contributed by atoms with van der Waals surface area (Å²) in [4.78, 5) is 0.243. The molecule has 0 aliphatic heterocycles. The Balaban J connectivity index is 1.98. The Kier molecular flexibility index (Phi) is 5.11. The zero-order valence-electron chi connectivity index (χ0n) is 16.2.